The Morgan fingerprint density at radius 2 is 1.80 bits per heavy atom. The van der Waals surface area contributed by atoms with Crippen LogP contribution in [0.15, 0.2) is 47.6 Å². The van der Waals surface area contributed by atoms with E-state index < -0.39 is 17.2 Å². The lowest BCUT2D eigenvalue weighted by atomic mass is 9.87. The number of aryl methyl sites for hydroxylation is 2. The standard InChI is InChI=1S/C25H32N6O3S/c1-15-7-12-20(16(2)13-15)27-23(33)28-22(32)17(3)35-24-30-29-21(31(24)26)14-34-19-10-8-18(9-11-19)25(4,5)6/h7-13,17H,14,26H2,1-6H3,(H2,27,28,32,33). The molecular weight excluding hydrogens is 464 g/mol. The van der Waals surface area contributed by atoms with Crippen molar-refractivity contribution < 1.29 is 14.3 Å². The number of urea groups is 1. The van der Waals surface area contributed by atoms with E-state index in [1.807, 2.05) is 50.2 Å². The summed E-state index contributed by atoms with van der Waals surface area (Å²) in [5.41, 5.74) is 3.90. The number of amides is 3. The Morgan fingerprint density at radius 3 is 2.43 bits per heavy atom. The molecule has 10 heteroatoms. The first-order valence-electron chi connectivity index (χ1n) is 11.2. The molecule has 4 N–H and O–H groups in total. The average molecular weight is 497 g/mol. The van der Waals surface area contributed by atoms with Crippen LogP contribution in [0.2, 0.25) is 0 Å². The fourth-order valence-electron chi connectivity index (χ4n) is 3.22. The first-order chi connectivity index (χ1) is 16.4. The Labute approximate surface area is 209 Å². The number of rotatable bonds is 7. The third-order valence-corrected chi connectivity index (χ3v) is 6.40. The Bertz CT molecular complexity index is 1200. The molecule has 0 saturated carbocycles. The van der Waals surface area contributed by atoms with E-state index in [9.17, 15) is 9.59 Å². The molecule has 0 bridgehead atoms. The zero-order valence-electron chi connectivity index (χ0n) is 20.9. The number of nitrogens with one attached hydrogen (secondary N) is 2. The summed E-state index contributed by atoms with van der Waals surface area (Å²) < 4.78 is 7.07. The summed E-state index contributed by atoms with van der Waals surface area (Å²) in [7, 11) is 0. The lowest BCUT2D eigenvalue weighted by Gasteiger charge is -2.19. The molecule has 1 heterocycles. The molecule has 1 unspecified atom stereocenters. The molecule has 0 aliphatic heterocycles. The highest BCUT2D eigenvalue weighted by molar-refractivity contribution is 8.00. The summed E-state index contributed by atoms with van der Waals surface area (Å²) in [5, 5.41) is 12.9. The molecule has 0 saturated heterocycles. The van der Waals surface area contributed by atoms with Crippen LogP contribution in [0.3, 0.4) is 0 Å². The van der Waals surface area contributed by atoms with Crippen LogP contribution < -0.4 is 21.2 Å². The normalized spacial score (nSPS) is 12.2. The van der Waals surface area contributed by atoms with E-state index >= 15 is 0 Å². The van der Waals surface area contributed by atoms with E-state index in [2.05, 4.69) is 41.6 Å². The van der Waals surface area contributed by atoms with E-state index in [0.29, 0.717) is 22.4 Å². The number of carbonyl (C=O) groups excluding carboxylic acids is 2. The largest absolute Gasteiger partial charge is 0.486 e. The van der Waals surface area contributed by atoms with Crippen LogP contribution in [0.4, 0.5) is 10.5 Å². The number of aromatic nitrogens is 3. The molecule has 3 aromatic rings. The van der Waals surface area contributed by atoms with Crippen LogP contribution in [0.1, 0.15) is 50.2 Å². The summed E-state index contributed by atoms with van der Waals surface area (Å²) in [6, 6.07) is 12.9. The van der Waals surface area contributed by atoms with Gasteiger partial charge in [0.2, 0.25) is 11.1 Å². The second-order valence-corrected chi connectivity index (χ2v) is 10.7. The van der Waals surface area contributed by atoms with Crippen molar-refractivity contribution in [2.24, 2.45) is 0 Å². The van der Waals surface area contributed by atoms with Crippen molar-refractivity contribution in [3.63, 3.8) is 0 Å². The molecule has 0 radical (unpaired) electrons. The highest BCUT2D eigenvalue weighted by Gasteiger charge is 2.21. The van der Waals surface area contributed by atoms with Crippen LogP contribution in [0.25, 0.3) is 0 Å². The van der Waals surface area contributed by atoms with Crippen molar-refractivity contribution in [2.75, 3.05) is 11.2 Å². The van der Waals surface area contributed by atoms with Gasteiger partial charge in [-0.15, -0.1) is 10.2 Å². The fourth-order valence-corrected chi connectivity index (χ4v) is 4.01. The summed E-state index contributed by atoms with van der Waals surface area (Å²) in [5.74, 6) is 6.74. The van der Waals surface area contributed by atoms with E-state index in [1.165, 1.54) is 10.2 Å². The second kappa shape index (κ2) is 10.8. The molecule has 1 aromatic heterocycles. The Morgan fingerprint density at radius 1 is 1.11 bits per heavy atom. The third-order valence-electron chi connectivity index (χ3n) is 5.34. The SMILES string of the molecule is Cc1ccc(NC(=O)NC(=O)C(C)Sc2nnc(COc3ccc(C(C)(C)C)cc3)n2N)c(C)c1. The molecule has 9 nitrogen and oxygen atoms in total. The molecular formula is C25H32N6O3S. The lowest BCUT2D eigenvalue weighted by molar-refractivity contribution is -0.119. The molecule has 35 heavy (non-hydrogen) atoms. The Hall–Kier alpha value is -3.53. The maximum Gasteiger partial charge on any atom is 0.325 e. The predicted octanol–water partition coefficient (Wildman–Crippen LogP) is 4.31. The first kappa shape index (κ1) is 26.1. The number of nitrogens with two attached hydrogens (primary N) is 1. The van der Waals surface area contributed by atoms with E-state index in [4.69, 9.17) is 10.6 Å². The van der Waals surface area contributed by atoms with Crippen LogP contribution in [-0.4, -0.2) is 32.1 Å². The number of anilines is 1. The minimum atomic E-state index is -0.634. The Kier molecular flexibility index (Phi) is 8.06. The van der Waals surface area contributed by atoms with Gasteiger partial charge in [0.05, 0.1) is 5.25 Å². The van der Waals surface area contributed by atoms with Crippen molar-refractivity contribution in [2.45, 2.75) is 64.0 Å². The van der Waals surface area contributed by atoms with Gasteiger partial charge < -0.3 is 15.9 Å². The van der Waals surface area contributed by atoms with Crippen LogP contribution in [0, 0.1) is 13.8 Å². The average Bonchev–Trinajstić information content (AvgIpc) is 3.13. The molecule has 1 atom stereocenters. The topological polar surface area (TPSA) is 124 Å². The number of hydrogen-bond donors (Lipinski definition) is 3. The number of carbonyl (C=O) groups is 2. The van der Waals surface area contributed by atoms with Crippen LogP contribution in [0.5, 0.6) is 5.75 Å². The van der Waals surface area contributed by atoms with Gasteiger partial charge >= 0.3 is 6.03 Å². The van der Waals surface area contributed by atoms with Gasteiger partial charge in [-0.25, -0.2) is 9.47 Å². The molecule has 0 aliphatic rings. The number of benzene rings is 2. The quantitative estimate of drug-likeness (QED) is 0.329. The molecule has 3 amide bonds. The summed E-state index contributed by atoms with van der Waals surface area (Å²) in [4.78, 5) is 24.8. The minimum Gasteiger partial charge on any atom is -0.486 e. The number of imide groups is 1. The van der Waals surface area contributed by atoms with Crippen molar-refractivity contribution in [3.05, 3.63) is 65.0 Å². The smallest absolute Gasteiger partial charge is 0.325 e. The number of nitrogen functional groups attached to an aromatic ring is 1. The van der Waals surface area contributed by atoms with E-state index in [1.54, 1.807) is 13.0 Å². The maximum absolute atomic E-state index is 12.5. The Balaban J connectivity index is 1.53. The van der Waals surface area contributed by atoms with Crippen molar-refractivity contribution >= 4 is 29.4 Å². The van der Waals surface area contributed by atoms with Gasteiger partial charge in [-0.05, 0) is 55.5 Å². The van der Waals surface area contributed by atoms with Gasteiger partial charge in [-0.2, -0.15) is 0 Å². The number of nitrogens with zero attached hydrogens (tertiary/aromatic N) is 3. The molecule has 0 aliphatic carbocycles. The molecule has 186 valence electrons. The second-order valence-electron chi connectivity index (χ2n) is 9.35. The molecule has 0 spiro atoms. The van der Waals surface area contributed by atoms with Gasteiger partial charge in [0, 0.05) is 5.69 Å². The van der Waals surface area contributed by atoms with Gasteiger partial charge in [0.1, 0.15) is 12.4 Å². The highest BCUT2D eigenvalue weighted by Crippen LogP contribution is 2.25. The molecule has 3 rings (SSSR count). The fraction of sp³-hybridized carbons (Fsp3) is 0.360. The van der Waals surface area contributed by atoms with E-state index in [-0.39, 0.29) is 12.0 Å². The third kappa shape index (κ3) is 6.98. The summed E-state index contributed by atoms with van der Waals surface area (Å²) in [6.45, 7) is 12.1. The number of thioether (sulfide) groups is 1. The number of ether oxygens (including phenoxy) is 1. The minimum absolute atomic E-state index is 0.0609. The van der Waals surface area contributed by atoms with Gasteiger partial charge in [-0.1, -0.05) is 62.4 Å². The molecule has 0 fully saturated rings. The van der Waals surface area contributed by atoms with E-state index in [0.717, 1.165) is 22.9 Å². The summed E-state index contributed by atoms with van der Waals surface area (Å²) in [6.07, 6.45) is 0. The van der Waals surface area contributed by atoms with Crippen molar-refractivity contribution in [1.82, 2.24) is 20.2 Å². The summed E-state index contributed by atoms with van der Waals surface area (Å²) >= 11 is 1.10. The van der Waals surface area contributed by atoms with Crippen molar-refractivity contribution in [3.8, 4) is 5.75 Å². The van der Waals surface area contributed by atoms with Crippen LogP contribution >= 0.6 is 11.8 Å². The van der Waals surface area contributed by atoms with Gasteiger partial charge in [0.15, 0.2) is 5.82 Å². The van der Waals surface area contributed by atoms with Crippen molar-refractivity contribution in [1.29, 1.82) is 0 Å². The lowest BCUT2D eigenvalue weighted by Crippen LogP contribution is -2.39. The first-order valence-corrected chi connectivity index (χ1v) is 12.1. The monoisotopic (exact) mass is 496 g/mol. The zero-order chi connectivity index (χ0) is 25.8. The van der Waals surface area contributed by atoms with Gasteiger partial charge in [-0.3, -0.25) is 10.1 Å². The predicted molar refractivity (Wildman–Crippen MR) is 138 cm³/mol. The maximum atomic E-state index is 12.5. The van der Waals surface area contributed by atoms with Crippen LogP contribution in [-0.2, 0) is 16.8 Å². The van der Waals surface area contributed by atoms with Gasteiger partial charge in [0.25, 0.3) is 0 Å². The zero-order valence-corrected chi connectivity index (χ0v) is 21.7. The highest BCUT2D eigenvalue weighted by atomic mass is 32.2. The number of hydrogen-bond acceptors (Lipinski definition) is 7. The molecule has 2 aromatic carbocycles.